The van der Waals surface area contributed by atoms with Gasteiger partial charge in [-0.25, -0.2) is 0 Å². The number of nitrogens with zero attached hydrogens (tertiary/aromatic N) is 1. The Bertz CT molecular complexity index is 657. The summed E-state index contributed by atoms with van der Waals surface area (Å²) in [6.07, 6.45) is 4.57. The highest BCUT2D eigenvalue weighted by Crippen LogP contribution is 2.50. The quantitative estimate of drug-likeness (QED) is 0.773. The van der Waals surface area contributed by atoms with Gasteiger partial charge in [-0.1, -0.05) is 19.1 Å². The zero-order valence-corrected chi connectivity index (χ0v) is 15.0. The summed E-state index contributed by atoms with van der Waals surface area (Å²) in [7, 11) is 3.30. The van der Waals surface area contributed by atoms with E-state index < -0.39 is 0 Å². The average molecular weight is 329 g/mol. The Kier molecular flexibility index (Phi) is 4.57. The molecule has 2 aliphatic rings. The van der Waals surface area contributed by atoms with E-state index in [0.717, 1.165) is 49.3 Å². The van der Waals surface area contributed by atoms with Crippen molar-refractivity contribution in [3.05, 3.63) is 35.4 Å². The fourth-order valence-electron chi connectivity index (χ4n) is 4.04. The van der Waals surface area contributed by atoms with Crippen molar-refractivity contribution in [2.45, 2.75) is 45.6 Å². The largest absolute Gasteiger partial charge is 0.493 e. The molecular weight excluding hydrogens is 302 g/mol. The lowest BCUT2D eigenvalue weighted by atomic mass is 9.62. The van der Waals surface area contributed by atoms with Gasteiger partial charge >= 0.3 is 0 Å². The summed E-state index contributed by atoms with van der Waals surface area (Å²) in [5.74, 6) is 1.75. The van der Waals surface area contributed by atoms with E-state index in [0.29, 0.717) is 13.0 Å². The number of allylic oxidation sites excluding steroid dienone is 1. The first-order valence-electron chi connectivity index (χ1n) is 8.68. The van der Waals surface area contributed by atoms with Crippen LogP contribution in [0.1, 0.15) is 43.7 Å². The summed E-state index contributed by atoms with van der Waals surface area (Å²) >= 11 is 0. The van der Waals surface area contributed by atoms with Crippen molar-refractivity contribution in [2.75, 3.05) is 20.8 Å². The SMILES string of the molecule is C=C1CC(CC)(CC(=O)N2CCc3cc(OC)c(OC)cc3C2)C1. The minimum absolute atomic E-state index is 0.159. The Morgan fingerprint density at radius 1 is 1.21 bits per heavy atom. The van der Waals surface area contributed by atoms with Crippen LogP contribution in [0.25, 0.3) is 0 Å². The van der Waals surface area contributed by atoms with Crippen LogP contribution < -0.4 is 9.47 Å². The molecule has 1 aromatic rings. The van der Waals surface area contributed by atoms with Crippen LogP contribution in [0.4, 0.5) is 0 Å². The van der Waals surface area contributed by atoms with Gasteiger partial charge in [0.25, 0.3) is 0 Å². The van der Waals surface area contributed by atoms with Crippen molar-refractivity contribution in [3.8, 4) is 11.5 Å². The van der Waals surface area contributed by atoms with E-state index in [1.807, 2.05) is 17.0 Å². The van der Waals surface area contributed by atoms with Crippen molar-refractivity contribution < 1.29 is 14.3 Å². The van der Waals surface area contributed by atoms with Crippen LogP contribution in [0, 0.1) is 5.41 Å². The normalized spacial score (nSPS) is 18.6. The number of ether oxygens (including phenoxy) is 2. The highest BCUT2D eigenvalue weighted by Gasteiger charge is 2.40. The molecule has 1 aliphatic heterocycles. The lowest BCUT2D eigenvalue weighted by molar-refractivity contribution is -0.135. The van der Waals surface area contributed by atoms with Crippen LogP contribution in [0.2, 0.25) is 0 Å². The van der Waals surface area contributed by atoms with Crippen molar-refractivity contribution in [1.29, 1.82) is 0 Å². The molecule has 1 heterocycles. The van der Waals surface area contributed by atoms with E-state index in [1.165, 1.54) is 11.1 Å². The lowest BCUT2D eigenvalue weighted by Crippen LogP contribution is -2.41. The molecule has 1 amide bonds. The second-order valence-electron chi connectivity index (χ2n) is 7.18. The van der Waals surface area contributed by atoms with Gasteiger partial charge in [0, 0.05) is 19.5 Å². The summed E-state index contributed by atoms with van der Waals surface area (Å²) < 4.78 is 10.8. The maximum Gasteiger partial charge on any atom is 0.223 e. The highest BCUT2D eigenvalue weighted by molar-refractivity contribution is 5.77. The van der Waals surface area contributed by atoms with Crippen molar-refractivity contribution in [3.63, 3.8) is 0 Å². The third-order valence-electron chi connectivity index (χ3n) is 5.60. The Morgan fingerprint density at radius 3 is 2.38 bits per heavy atom. The standard InChI is InChI=1S/C20H27NO3/c1-5-20(10-14(2)11-20)12-19(22)21-7-6-15-8-17(23-3)18(24-4)9-16(15)13-21/h8-9H,2,5-7,10-13H2,1,3-4H3. The molecule has 0 unspecified atom stereocenters. The van der Waals surface area contributed by atoms with E-state index in [2.05, 4.69) is 13.5 Å². The summed E-state index contributed by atoms with van der Waals surface area (Å²) in [4.78, 5) is 14.8. The van der Waals surface area contributed by atoms with Gasteiger partial charge in [0.2, 0.25) is 5.91 Å². The minimum Gasteiger partial charge on any atom is -0.493 e. The molecule has 1 saturated carbocycles. The molecule has 0 spiro atoms. The van der Waals surface area contributed by atoms with Gasteiger partial charge in [-0.15, -0.1) is 0 Å². The number of fused-ring (bicyclic) bond motifs is 1. The topological polar surface area (TPSA) is 38.8 Å². The number of rotatable bonds is 5. The first-order valence-corrected chi connectivity index (χ1v) is 8.68. The molecule has 0 aromatic heterocycles. The molecule has 0 saturated heterocycles. The van der Waals surface area contributed by atoms with Crippen molar-refractivity contribution >= 4 is 5.91 Å². The molecule has 1 aliphatic carbocycles. The molecule has 4 heteroatoms. The minimum atomic E-state index is 0.159. The van der Waals surface area contributed by atoms with Gasteiger partial charge in [0.15, 0.2) is 11.5 Å². The molecule has 24 heavy (non-hydrogen) atoms. The summed E-state index contributed by atoms with van der Waals surface area (Å²) in [5.41, 5.74) is 3.85. The maximum absolute atomic E-state index is 12.8. The fraction of sp³-hybridized carbons (Fsp3) is 0.550. The molecule has 0 atom stereocenters. The molecular formula is C20H27NO3. The van der Waals surface area contributed by atoms with Crippen LogP contribution in [-0.4, -0.2) is 31.6 Å². The zero-order valence-electron chi connectivity index (χ0n) is 15.0. The molecule has 1 aromatic carbocycles. The van der Waals surface area contributed by atoms with Gasteiger partial charge in [0.1, 0.15) is 0 Å². The average Bonchev–Trinajstić information content (AvgIpc) is 2.58. The van der Waals surface area contributed by atoms with E-state index in [1.54, 1.807) is 14.2 Å². The van der Waals surface area contributed by atoms with Gasteiger partial charge in [-0.3, -0.25) is 4.79 Å². The molecule has 0 N–H and O–H groups in total. The van der Waals surface area contributed by atoms with Gasteiger partial charge in [-0.05, 0) is 54.4 Å². The number of carbonyl (C=O) groups is 1. The second-order valence-corrected chi connectivity index (χ2v) is 7.18. The van der Waals surface area contributed by atoms with Crippen molar-refractivity contribution in [1.82, 2.24) is 4.90 Å². The number of hydrogen-bond acceptors (Lipinski definition) is 3. The molecule has 3 rings (SSSR count). The maximum atomic E-state index is 12.8. The Hall–Kier alpha value is -1.97. The van der Waals surface area contributed by atoms with Crippen LogP contribution >= 0.6 is 0 Å². The van der Waals surface area contributed by atoms with Crippen LogP contribution in [0.3, 0.4) is 0 Å². The fourth-order valence-corrected chi connectivity index (χ4v) is 4.04. The molecule has 1 fully saturated rings. The van der Waals surface area contributed by atoms with Gasteiger partial charge < -0.3 is 14.4 Å². The zero-order chi connectivity index (χ0) is 17.3. The summed E-state index contributed by atoms with van der Waals surface area (Å²) in [6, 6.07) is 4.05. The predicted octanol–water partition coefficient (Wildman–Crippen LogP) is 3.73. The number of carbonyl (C=O) groups excluding carboxylic acids is 1. The third kappa shape index (κ3) is 3.02. The van der Waals surface area contributed by atoms with Gasteiger partial charge in [0.05, 0.1) is 14.2 Å². The van der Waals surface area contributed by atoms with E-state index >= 15 is 0 Å². The van der Waals surface area contributed by atoms with Crippen LogP contribution in [0.15, 0.2) is 24.3 Å². The summed E-state index contributed by atoms with van der Waals surface area (Å²) in [6.45, 7) is 7.66. The number of amides is 1. The molecule has 0 radical (unpaired) electrons. The number of benzene rings is 1. The first kappa shape index (κ1) is 16.9. The number of hydrogen-bond donors (Lipinski definition) is 0. The first-order chi connectivity index (χ1) is 11.5. The monoisotopic (exact) mass is 329 g/mol. The smallest absolute Gasteiger partial charge is 0.223 e. The molecule has 4 nitrogen and oxygen atoms in total. The van der Waals surface area contributed by atoms with Gasteiger partial charge in [-0.2, -0.15) is 0 Å². The Balaban J connectivity index is 1.72. The Morgan fingerprint density at radius 2 is 1.83 bits per heavy atom. The summed E-state index contributed by atoms with van der Waals surface area (Å²) in [5, 5.41) is 0. The Labute approximate surface area is 144 Å². The highest BCUT2D eigenvalue weighted by atomic mass is 16.5. The van der Waals surface area contributed by atoms with E-state index in [4.69, 9.17) is 9.47 Å². The lowest BCUT2D eigenvalue weighted by Gasteiger charge is -2.44. The second kappa shape index (κ2) is 6.50. The third-order valence-corrected chi connectivity index (χ3v) is 5.60. The van der Waals surface area contributed by atoms with Crippen LogP contribution in [0.5, 0.6) is 11.5 Å². The van der Waals surface area contributed by atoms with Crippen LogP contribution in [-0.2, 0) is 17.8 Å². The van der Waals surface area contributed by atoms with E-state index in [-0.39, 0.29) is 11.3 Å². The molecule has 130 valence electrons. The number of methoxy groups -OCH3 is 2. The van der Waals surface area contributed by atoms with Crippen molar-refractivity contribution in [2.24, 2.45) is 5.41 Å². The van der Waals surface area contributed by atoms with E-state index in [9.17, 15) is 4.79 Å². The molecule has 0 bridgehead atoms. The predicted molar refractivity (Wildman–Crippen MR) is 94.4 cm³/mol.